The number of nitrogens with zero attached hydrogens (tertiary/aromatic N) is 1. The molecule has 38 heavy (non-hydrogen) atoms. The Morgan fingerprint density at radius 1 is 1.16 bits per heavy atom. The number of phenolic OH excluding ortho intramolecular Hbond substituents is 1. The number of carbonyl (C=O) groups excluding carboxylic acids is 1. The Kier molecular flexibility index (Phi) is 10.0. The summed E-state index contributed by atoms with van der Waals surface area (Å²) in [5.41, 5.74) is 0.346. The summed E-state index contributed by atoms with van der Waals surface area (Å²) in [4.78, 5) is 14.4. The summed E-state index contributed by atoms with van der Waals surface area (Å²) in [7, 11) is -3.61. The van der Waals surface area contributed by atoms with Crippen molar-refractivity contribution in [2.45, 2.75) is 64.2 Å². The van der Waals surface area contributed by atoms with Gasteiger partial charge in [-0.1, -0.05) is 26.0 Å². The van der Waals surface area contributed by atoms with E-state index >= 15 is 0 Å². The summed E-state index contributed by atoms with van der Waals surface area (Å²) in [5.74, 6) is -0.686. The average molecular weight is 574 g/mol. The molecular formula is C26H37ClFN3O6S. The number of aliphatic hydroxyl groups is 1. The molecule has 0 aliphatic carbocycles. The fraction of sp³-hybridized carbons (Fsp3) is 0.500. The van der Waals surface area contributed by atoms with E-state index in [2.05, 4.69) is 10.0 Å². The molecule has 0 radical (unpaired) electrons. The first kappa shape index (κ1) is 31.6. The van der Waals surface area contributed by atoms with Crippen LogP contribution in [0.15, 0.2) is 36.4 Å². The van der Waals surface area contributed by atoms with Gasteiger partial charge in [0.15, 0.2) is 0 Å². The number of anilines is 2. The van der Waals surface area contributed by atoms with Gasteiger partial charge in [0.25, 0.3) is 0 Å². The molecule has 212 valence electrons. The van der Waals surface area contributed by atoms with Gasteiger partial charge in [-0.05, 0) is 62.9 Å². The second kappa shape index (κ2) is 12.1. The van der Waals surface area contributed by atoms with E-state index in [9.17, 15) is 27.8 Å². The van der Waals surface area contributed by atoms with Crippen LogP contribution >= 0.6 is 12.4 Å². The maximum atomic E-state index is 14.2. The quantitative estimate of drug-likeness (QED) is 0.285. The molecule has 0 spiro atoms. The molecule has 12 heteroatoms. The number of hydrogen-bond acceptors (Lipinski definition) is 7. The zero-order chi connectivity index (χ0) is 27.6. The maximum Gasteiger partial charge on any atom is 0.415 e. The molecule has 3 rings (SSSR count). The van der Waals surface area contributed by atoms with Crippen LogP contribution in [0.3, 0.4) is 0 Å². The normalized spacial score (nSPS) is 15.8. The number of hydrogen-bond donors (Lipinski definition) is 4. The minimum Gasteiger partial charge on any atom is -0.506 e. The van der Waals surface area contributed by atoms with Crippen LogP contribution in [0.1, 0.15) is 64.2 Å². The topological polar surface area (TPSA) is 128 Å². The number of β-amino-alcohol motifs (C(OH)–C–C–N with tert-alkyl or cyclic N) is 1. The fourth-order valence-corrected chi connectivity index (χ4v) is 5.05. The molecule has 1 aliphatic heterocycles. The molecule has 2 aromatic rings. The van der Waals surface area contributed by atoms with Crippen molar-refractivity contribution in [3.8, 4) is 5.75 Å². The number of nitrogens with one attached hydrogen (secondary N) is 2. The number of aromatic hydroxyl groups is 1. The number of halogens is 2. The van der Waals surface area contributed by atoms with Crippen LogP contribution < -0.4 is 14.9 Å². The minimum atomic E-state index is -3.61. The number of cyclic esters (lactones) is 1. The molecule has 0 bridgehead atoms. The number of sulfonamides is 1. The van der Waals surface area contributed by atoms with E-state index in [1.807, 2.05) is 27.7 Å². The van der Waals surface area contributed by atoms with Crippen molar-refractivity contribution in [2.75, 3.05) is 29.0 Å². The SMILES string of the molecule is CCC1(CC)OC(=O)N(CCC(C)(C)NCC(O)c2ccc(O)c(NS(C)(=O)=O)c2)c2cc(F)ccc21.Cl. The number of phenols is 1. The van der Waals surface area contributed by atoms with E-state index in [-0.39, 0.29) is 36.9 Å². The first-order valence-electron chi connectivity index (χ1n) is 12.2. The van der Waals surface area contributed by atoms with Crippen LogP contribution in [0.25, 0.3) is 0 Å². The van der Waals surface area contributed by atoms with Crippen molar-refractivity contribution in [3.63, 3.8) is 0 Å². The molecule has 1 unspecified atom stereocenters. The summed E-state index contributed by atoms with van der Waals surface area (Å²) in [6, 6.07) is 8.61. The van der Waals surface area contributed by atoms with Gasteiger partial charge < -0.3 is 20.3 Å². The smallest absolute Gasteiger partial charge is 0.415 e. The van der Waals surface area contributed by atoms with E-state index in [4.69, 9.17) is 4.74 Å². The van der Waals surface area contributed by atoms with Crippen LogP contribution in [-0.4, -0.2) is 49.6 Å². The molecule has 0 saturated heterocycles. The van der Waals surface area contributed by atoms with E-state index < -0.39 is 39.2 Å². The van der Waals surface area contributed by atoms with Gasteiger partial charge in [-0.3, -0.25) is 9.62 Å². The monoisotopic (exact) mass is 573 g/mol. The zero-order valence-electron chi connectivity index (χ0n) is 22.2. The van der Waals surface area contributed by atoms with E-state index in [1.54, 1.807) is 6.07 Å². The summed E-state index contributed by atoms with van der Waals surface area (Å²) in [5, 5.41) is 23.9. The predicted molar refractivity (Wildman–Crippen MR) is 148 cm³/mol. The highest BCUT2D eigenvalue weighted by molar-refractivity contribution is 7.92. The van der Waals surface area contributed by atoms with Crippen LogP contribution in [-0.2, 0) is 20.4 Å². The Balaban J connectivity index is 0.00000507. The maximum absolute atomic E-state index is 14.2. The summed E-state index contributed by atoms with van der Waals surface area (Å²) < 4.78 is 45.3. The standard InChI is InChI=1S/C26H36FN3O6S.ClH/c1-6-26(7-2)19-10-9-18(27)15-21(19)30(24(33)36-26)13-12-25(3,4)28-16-23(32)17-8-11-22(31)20(14-17)29-37(5,34)35;/h8-11,14-15,23,28-29,31-32H,6-7,12-13,16H2,1-5H3;1H. The minimum absolute atomic E-state index is 0. The summed E-state index contributed by atoms with van der Waals surface area (Å²) in [6.07, 6.45) is 1.06. The number of amides is 1. The lowest BCUT2D eigenvalue weighted by Gasteiger charge is -2.42. The number of aliphatic hydroxyl groups excluding tert-OH is 1. The Hall–Kier alpha value is -2.60. The van der Waals surface area contributed by atoms with Crippen molar-refractivity contribution in [3.05, 3.63) is 53.3 Å². The van der Waals surface area contributed by atoms with Gasteiger partial charge in [-0.2, -0.15) is 0 Å². The number of carbonyl (C=O) groups is 1. The van der Waals surface area contributed by atoms with Gasteiger partial charge >= 0.3 is 6.09 Å². The Bertz CT molecular complexity index is 1250. The third kappa shape index (κ3) is 7.28. The summed E-state index contributed by atoms with van der Waals surface area (Å²) in [6.45, 7) is 8.09. The molecular weight excluding hydrogens is 537 g/mol. The third-order valence-corrected chi connectivity index (χ3v) is 7.41. The molecule has 1 amide bonds. The molecule has 1 atom stereocenters. The van der Waals surface area contributed by atoms with Crippen molar-refractivity contribution >= 4 is 39.9 Å². The zero-order valence-corrected chi connectivity index (χ0v) is 23.9. The van der Waals surface area contributed by atoms with E-state index in [0.717, 1.165) is 11.8 Å². The lowest BCUT2D eigenvalue weighted by atomic mass is 9.85. The second-order valence-corrected chi connectivity index (χ2v) is 11.8. The first-order valence-corrected chi connectivity index (χ1v) is 14.1. The van der Waals surface area contributed by atoms with Crippen LogP contribution in [0.5, 0.6) is 5.75 Å². The highest BCUT2D eigenvalue weighted by Gasteiger charge is 2.43. The highest BCUT2D eigenvalue weighted by atomic mass is 35.5. The molecule has 2 aromatic carbocycles. The number of fused-ring (bicyclic) bond motifs is 1. The molecule has 1 heterocycles. The largest absolute Gasteiger partial charge is 0.506 e. The van der Waals surface area contributed by atoms with E-state index in [1.165, 1.54) is 35.2 Å². The molecule has 0 saturated carbocycles. The molecule has 9 nitrogen and oxygen atoms in total. The average Bonchev–Trinajstić information content (AvgIpc) is 2.82. The third-order valence-electron chi connectivity index (χ3n) is 6.82. The van der Waals surface area contributed by atoms with Gasteiger partial charge in [0.1, 0.15) is 17.2 Å². The highest BCUT2D eigenvalue weighted by Crippen LogP contribution is 2.44. The van der Waals surface area contributed by atoms with Gasteiger partial charge in [0.2, 0.25) is 10.0 Å². The van der Waals surface area contributed by atoms with Crippen LogP contribution in [0.4, 0.5) is 20.6 Å². The van der Waals surface area contributed by atoms with E-state index in [0.29, 0.717) is 30.5 Å². The van der Waals surface area contributed by atoms with Gasteiger partial charge in [0.05, 0.1) is 23.7 Å². The van der Waals surface area contributed by atoms with Crippen molar-refractivity contribution in [1.82, 2.24) is 5.32 Å². The Morgan fingerprint density at radius 3 is 2.42 bits per heavy atom. The lowest BCUT2D eigenvalue weighted by Crippen LogP contribution is -2.49. The fourth-order valence-electron chi connectivity index (χ4n) is 4.49. The lowest BCUT2D eigenvalue weighted by molar-refractivity contribution is -0.00141. The van der Waals surface area contributed by atoms with Gasteiger partial charge in [-0.25, -0.2) is 17.6 Å². The molecule has 0 aromatic heterocycles. The van der Waals surface area contributed by atoms with Crippen LogP contribution in [0.2, 0.25) is 0 Å². The summed E-state index contributed by atoms with van der Waals surface area (Å²) >= 11 is 0. The number of ether oxygens (including phenoxy) is 1. The first-order chi connectivity index (χ1) is 17.2. The van der Waals surface area contributed by atoms with Crippen molar-refractivity contribution < 1.29 is 32.6 Å². The number of rotatable bonds is 11. The second-order valence-electron chi connectivity index (χ2n) is 10.1. The van der Waals surface area contributed by atoms with Gasteiger partial charge in [0, 0.05) is 24.2 Å². The Morgan fingerprint density at radius 2 is 1.82 bits per heavy atom. The van der Waals surface area contributed by atoms with Crippen molar-refractivity contribution in [2.24, 2.45) is 0 Å². The molecule has 1 aliphatic rings. The van der Waals surface area contributed by atoms with Crippen molar-refractivity contribution in [1.29, 1.82) is 0 Å². The predicted octanol–water partition coefficient (Wildman–Crippen LogP) is 4.79. The molecule has 4 N–H and O–H groups in total. The van der Waals surface area contributed by atoms with Crippen LogP contribution in [0, 0.1) is 5.82 Å². The molecule has 0 fully saturated rings. The number of benzene rings is 2. The Labute approximate surface area is 229 Å². The van der Waals surface area contributed by atoms with Gasteiger partial charge in [-0.15, -0.1) is 12.4 Å².